The maximum atomic E-state index is 12.6. The Hall–Kier alpha value is -2.29. The highest BCUT2D eigenvalue weighted by atomic mass is 35.5. The third-order valence-electron chi connectivity index (χ3n) is 5.20. The van der Waals surface area contributed by atoms with Crippen molar-refractivity contribution < 1.29 is 9.53 Å². The van der Waals surface area contributed by atoms with Crippen molar-refractivity contribution in [3.05, 3.63) is 57.3 Å². The Labute approximate surface area is 167 Å². The highest BCUT2D eigenvalue weighted by Crippen LogP contribution is 2.33. The Morgan fingerprint density at radius 2 is 1.93 bits per heavy atom. The van der Waals surface area contributed by atoms with E-state index < -0.39 is 0 Å². The third kappa shape index (κ3) is 3.60. The highest BCUT2D eigenvalue weighted by Gasteiger charge is 2.36. The van der Waals surface area contributed by atoms with Gasteiger partial charge < -0.3 is 9.64 Å². The van der Waals surface area contributed by atoms with Crippen LogP contribution in [0.25, 0.3) is 0 Å². The fourth-order valence-corrected chi connectivity index (χ4v) is 4.18. The number of nitrogens with zero attached hydrogens (tertiary/aromatic N) is 3. The molecule has 1 amide bonds. The Bertz CT molecular complexity index is 933. The van der Waals surface area contributed by atoms with Gasteiger partial charge in [0.25, 0.3) is 5.91 Å². The largest absolute Gasteiger partial charge is 0.490 e. The fraction of sp³-hybridized carbons (Fsp3) is 0.350. The molecule has 5 nitrogen and oxygen atoms in total. The molecule has 7 heteroatoms. The summed E-state index contributed by atoms with van der Waals surface area (Å²) in [5.41, 5.74) is 1.86. The highest BCUT2D eigenvalue weighted by molar-refractivity contribution is 6.31. The molecule has 0 radical (unpaired) electrons. The molecule has 0 bridgehead atoms. The van der Waals surface area contributed by atoms with Gasteiger partial charge in [0.1, 0.15) is 17.0 Å². The van der Waals surface area contributed by atoms with Gasteiger partial charge in [-0.25, -0.2) is 4.98 Å². The van der Waals surface area contributed by atoms with Crippen molar-refractivity contribution in [2.45, 2.75) is 44.4 Å². The number of ether oxygens (including phenoxy) is 1. The van der Waals surface area contributed by atoms with Crippen molar-refractivity contribution in [1.29, 1.82) is 5.26 Å². The number of aromatic nitrogens is 1. The molecule has 1 aliphatic heterocycles. The van der Waals surface area contributed by atoms with Gasteiger partial charge in [0.05, 0.1) is 34.5 Å². The van der Waals surface area contributed by atoms with Gasteiger partial charge in [-0.15, -0.1) is 0 Å². The van der Waals surface area contributed by atoms with E-state index in [1.807, 2.05) is 11.0 Å². The van der Waals surface area contributed by atoms with Crippen LogP contribution in [0.4, 0.5) is 0 Å². The van der Waals surface area contributed by atoms with Crippen LogP contribution in [-0.4, -0.2) is 27.9 Å². The monoisotopic (exact) mass is 401 g/mol. The molecule has 1 fully saturated rings. The van der Waals surface area contributed by atoms with Crippen LogP contribution in [0, 0.1) is 11.3 Å². The van der Waals surface area contributed by atoms with Crippen molar-refractivity contribution in [2.75, 3.05) is 0 Å². The van der Waals surface area contributed by atoms with Crippen molar-refractivity contribution in [2.24, 2.45) is 0 Å². The molecule has 2 aliphatic rings. The lowest BCUT2D eigenvalue weighted by atomic mass is 9.92. The van der Waals surface area contributed by atoms with Crippen LogP contribution in [0.1, 0.15) is 47.3 Å². The van der Waals surface area contributed by atoms with E-state index >= 15 is 0 Å². The molecule has 1 saturated carbocycles. The average Bonchev–Trinajstić information content (AvgIpc) is 2.98. The van der Waals surface area contributed by atoms with Gasteiger partial charge >= 0.3 is 0 Å². The lowest BCUT2D eigenvalue weighted by Crippen LogP contribution is -2.40. The van der Waals surface area contributed by atoms with Crippen molar-refractivity contribution in [1.82, 2.24) is 9.88 Å². The Balaban J connectivity index is 1.36. The second-order valence-electron chi connectivity index (χ2n) is 6.86. The van der Waals surface area contributed by atoms with E-state index in [0.717, 1.165) is 31.4 Å². The fourth-order valence-electron chi connectivity index (χ4n) is 3.80. The number of hydrogen-bond acceptors (Lipinski definition) is 4. The second kappa shape index (κ2) is 7.38. The van der Waals surface area contributed by atoms with Gasteiger partial charge in [-0.2, -0.15) is 5.26 Å². The van der Waals surface area contributed by atoms with Crippen LogP contribution >= 0.6 is 23.2 Å². The topological polar surface area (TPSA) is 66.2 Å². The number of pyridine rings is 1. The number of hydrogen-bond donors (Lipinski definition) is 0. The number of halogens is 2. The molecule has 2 heterocycles. The van der Waals surface area contributed by atoms with E-state index in [9.17, 15) is 4.79 Å². The zero-order valence-corrected chi connectivity index (χ0v) is 16.0. The molecule has 1 aliphatic carbocycles. The van der Waals surface area contributed by atoms with Crippen LogP contribution in [0.5, 0.6) is 5.75 Å². The minimum Gasteiger partial charge on any atom is -0.490 e. The molecule has 0 spiro atoms. The summed E-state index contributed by atoms with van der Waals surface area (Å²) < 4.78 is 6.02. The second-order valence-corrected chi connectivity index (χ2v) is 7.66. The third-order valence-corrected chi connectivity index (χ3v) is 5.72. The molecule has 4 rings (SSSR count). The van der Waals surface area contributed by atoms with E-state index in [2.05, 4.69) is 4.98 Å². The Morgan fingerprint density at radius 3 is 2.63 bits per heavy atom. The average molecular weight is 402 g/mol. The van der Waals surface area contributed by atoms with E-state index in [1.165, 1.54) is 0 Å². The van der Waals surface area contributed by atoms with Crippen LogP contribution in [-0.2, 0) is 6.54 Å². The first-order valence-corrected chi connectivity index (χ1v) is 9.63. The summed E-state index contributed by atoms with van der Waals surface area (Å²) >= 11 is 12.0. The lowest BCUT2D eigenvalue weighted by Gasteiger charge is -2.34. The number of benzene rings is 1. The number of rotatable bonds is 3. The first-order chi connectivity index (χ1) is 13.0. The van der Waals surface area contributed by atoms with Gasteiger partial charge in [-0.1, -0.05) is 23.2 Å². The number of amides is 1. The molecule has 2 aromatic rings. The van der Waals surface area contributed by atoms with Gasteiger partial charge in [0.2, 0.25) is 0 Å². The van der Waals surface area contributed by atoms with Crippen molar-refractivity contribution in [3.63, 3.8) is 0 Å². The van der Waals surface area contributed by atoms with Crippen molar-refractivity contribution >= 4 is 29.1 Å². The molecule has 0 atom stereocenters. The number of nitriles is 1. The molecular formula is C20H17Cl2N3O2. The molecule has 1 aromatic carbocycles. The predicted molar refractivity (Wildman–Crippen MR) is 102 cm³/mol. The molecule has 0 N–H and O–H groups in total. The standard InChI is InChI=1S/C20H17Cl2N3O2/c21-17-9-15(4-1-12(17)10-23)27-14-5-2-13(3-6-14)25-11-18-16(20(25)26)7-8-19(22)24-18/h1,4,7-9,13-14H,2-3,5-6,11H2. The normalized spacial score (nSPS) is 21.7. The maximum absolute atomic E-state index is 12.6. The maximum Gasteiger partial charge on any atom is 0.256 e. The quantitative estimate of drug-likeness (QED) is 0.704. The summed E-state index contributed by atoms with van der Waals surface area (Å²) in [5.74, 6) is 0.711. The zero-order valence-electron chi connectivity index (χ0n) is 14.5. The zero-order chi connectivity index (χ0) is 19.0. The molecule has 138 valence electrons. The molecule has 27 heavy (non-hydrogen) atoms. The van der Waals surface area contributed by atoms with Crippen LogP contribution in [0.3, 0.4) is 0 Å². The van der Waals surface area contributed by atoms with Crippen LogP contribution in [0.2, 0.25) is 10.2 Å². The van der Waals surface area contributed by atoms with Crippen LogP contribution < -0.4 is 4.74 Å². The van der Waals surface area contributed by atoms with Gasteiger partial charge in [-0.3, -0.25) is 4.79 Å². The molecule has 1 aromatic heterocycles. The summed E-state index contributed by atoms with van der Waals surface area (Å²) in [4.78, 5) is 18.8. The summed E-state index contributed by atoms with van der Waals surface area (Å²) in [6.07, 6.45) is 3.55. The summed E-state index contributed by atoms with van der Waals surface area (Å²) in [6.45, 7) is 0.524. The van der Waals surface area contributed by atoms with Crippen LogP contribution in [0.15, 0.2) is 30.3 Å². The minimum atomic E-state index is 0.0393. The van der Waals surface area contributed by atoms with Gasteiger partial charge in [-0.05, 0) is 49.9 Å². The van der Waals surface area contributed by atoms with E-state index in [4.69, 9.17) is 33.2 Å². The summed E-state index contributed by atoms with van der Waals surface area (Å²) in [7, 11) is 0. The number of carbonyl (C=O) groups excluding carboxylic acids is 1. The summed E-state index contributed by atoms with van der Waals surface area (Å²) in [5, 5.41) is 9.76. The first-order valence-electron chi connectivity index (χ1n) is 8.88. The smallest absolute Gasteiger partial charge is 0.256 e. The SMILES string of the molecule is N#Cc1ccc(OC2CCC(N3Cc4nc(Cl)ccc4C3=O)CC2)cc1Cl. The lowest BCUT2D eigenvalue weighted by molar-refractivity contribution is 0.0560. The molecular weight excluding hydrogens is 385 g/mol. The van der Waals surface area contributed by atoms with E-state index in [0.29, 0.717) is 33.6 Å². The van der Waals surface area contributed by atoms with E-state index in [1.54, 1.807) is 30.3 Å². The van der Waals surface area contributed by atoms with Gasteiger partial charge in [0.15, 0.2) is 0 Å². The Kier molecular flexibility index (Phi) is 4.94. The first kappa shape index (κ1) is 18.1. The van der Waals surface area contributed by atoms with Crippen molar-refractivity contribution in [3.8, 4) is 11.8 Å². The number of carbonyl (C=O) groups is 1. The summed E-state index contributed by atoms with van der Waals surface area (Å²) in [6, 6.07) is 10.8. The molecule has 0 saturated heterocycles. The Morgan fingerprint density at radius 1 is 1.15 bits per heavy atom. The number of fused-ring (bicyclic) bond motifs is 1. The predicted octanol–water partition coefficient (Wildman–Crippen LogP) is 4.61. The minimum absolute atomic E-state index is 0.0393. The molecule has 0 unspecified atom stereocenters. The van der Waals surface area contributed by atoms with Gasteiger partial charge in [0, 0.05) is 12.1 Å². The van der Waals surface area contributed by atoms with E-state index in [-0.39, 0.29) is 18.1 Å².